The number of alkyl halides is 5. The lowest BCUT2D eigenvalue weighted by atomic mass is 10.1. The van der Waals surface area contributed by atoms with Gasteiger partial charge < -0.3 is 4.98 Å². The summed E-state index contributed by atoms with van der Waals surface area (Å²) in [5.41, 5.74) is -4.72. The first-order chi connectivity index (χ1) is 7.77. The number of pyridine rings is 1. The van der Waals surface area contributed by atoms with Crippen LogP contribution in [0, 0.1) is 11.3 Å². The molecule has 0 spiro atoms. The van der Waals surface area contributed by atoms with E-state index in [1.807, 2.05) is 0 Å². The predicted molar refractivity (Wildman–Crippen MR) is 46.3 cm³/mol. The Morgan fingerprint density at radius 2 is 2.00 bits per heavy atom. The van der Waals surface area contributed by atoms with E-state index in [2.05, 4.69) is 0 Å². The van der Waals surface area contributed by atoms with Crippen LogP contribution in [0.2, 0.25) is 0 Å². The van der Waals surface area contributed by atoms with Crippen LogP contribution in [0.3, 0.4) is 0 Å². The molecule has 1 heterocycles. The van der Waals surface area contributed by atoms with Crippen molar-refractivity contribution in [1.29, 1.82) is 5.26 Å². The molecule has 17 heavy (non-hydrogen) atoms. The van der Waals surface area contributed by atoms with E-state index in [9.17, 15) is 26.7 Å². The summed E-state index contributed by atoms with van der Waals surface area (Å²) < 4.78 is 61.8. The second-order valence-electron chi connectivity index (χ2n) is 3.09. The summed E-state index contributed by atoms with van der Waals surface area (Å²) >= 11 is 0. The molecule has 0 saturated carbocycles. The Morgan fingerprint density at radius 3 is 2.41 bits per heavy atom. The van der Waals surface area contributed by atoms with E-state index in [-0.39, 0.29) is 0 Å². The minimum absolute atomic E-state index is 0.412. The fraction of sp³-hybridized carbons (Fsp3) is 0.333. The number of nitrogens with one attached hydrogen (secondary N) is 1. The van der Waals surface area contributed by atoms with Crippen molar-refractivity contribution in [1.82, 2.24) is 4.98 Å². The summed E-state index contributed by atoms with van der Waals surface area (Å²) in [6, 6.07) is 1.92. The molecule has 0 amide bonds. The van der Waals surface area contributed by atoms with Crippen molar-refractivity contribution < 1.29 is 22.0 Å². The van der Waals surface area contributed by atoms with Crippen LogP contribution in [0.5, 0.6) is 0 Å². The van der Waals surface area contributed by atoms with Crippen LogP contribution < -0.4 is 5.56 Å². The highest BCUT2D eigenvalue weighted by Gasteiger charge is 2.37. The maximum Gasteiger partial charge on any atom is 0.431 e. The third-order valence-corrected chi connectivity index (χ3v) is 1.94. The molecular weight excluding hydrogens is 247 g/mol. The number of nitrogens with zero attached hydrogens (tertiary/aromatic N) is 1. The molecular formula is C9H5F5N2O. The van der Waals surface area contributed by atoms with Crippen molar-refractivity contribution in [3.63, 3.8) is 0 Å². The van der Waals surface area contributed by atoms with Gasteiger partial charge in [0.2, 0.25) is 0 Å². The SMILES string of the molecule is N#CCc1cc(C(F)F)c(C(F)(F)F)[nH]c1=O. The number of aromatic amines is 1. The molecule has 0 unspecified atom stereocenters. The zero-order chi connectivity index (χ0) is 13.2. The molecule has 1 rings (SSSR count). The molecule has 1 N–H and O–H groups in total. The molecule has 0 radical (unpaired) electrons. The maximum atomic E-state index is 12.4. The van der Waals surface area contributed by atoms with Crippen LogP contribution in [0.1, 0.15) is 23.2 Å². The van der Waals surface area contributed by atoms with Gasteiger partial charge in [0.25, 0.3) is 12.0 Å². The Hall–Kier alpha value is -1.91. The van der Waals surface area contributed by atoms with Crippen molar-refractivity contribution in [2.75, 3.05) is 0 Å². The fourth-order valence-electron chi connectivity index (χ4n) is 1.21. The number of hydrogen-bond acceptors (Lipinski definition) is 2. The minimum atomic E-state index is -5.07. The van der Waals surface area contributed by atoms with E-state index < -0.39 is 41.4 Å². The molecule has 1 aromatic heterocycles. The smallest absolute Gasteiger partial charge is 0.318 e. The first kappa shape index (κ1) is 13.2. The van der Waals surface area contributed by atoms with E-state index in [0.717, 1.165) is 0 Å². The zero-order valence-corrected chi connectivity index (χ0v) is 8.11. The van der Waals surface area contributed by atoms with Crippen LogP contribution in [0.15, 0.2) is 10.9 Å². The molecule has 0 saturated heterocycles. The first-order valence-electron chi connectivity index (χ1n) is 4.25. The van der Waals surface area contributed by atoms with Gasteiger partial charge in [-0.2, -0.15) is 18.4 Å². The van der Waals surface area contributed by atoms with Gasteiger partial charge in [0.15, 0.2) is 0 Å². The monoisotopic (exact) mass is 252 g/mol. The first-order valence-corrected chi connectivity index (χ1v) is 4.25. The quantitative estimate of drug-likeness (QED) is 0.821. The van der Waals surface area contributed by atoms with E-state index >= 15 is 0 Å². The van der Waals surface area contributed by atoms with Gasteiger partial charge in [-0.3, -0.25) is 4.79 Å². The summed E-state index contributed by atoms with van der Waals surface area (Å²) in [7, 11) is 0. The summed E-state index contributed by atoms with van der Waals surface area (Å²) in [6.07, 6.45) is -9.00. The lowest BCUT2D eigenvalue weighted by Gasteiger charge is -2.12. The maximum absolute atomic E-state index is 12.4. The Morgan fingerprint density at radius 1 is 1.41 bits per heavy atom. The van der Waals surface area contributed by atoms with Crippen LogP contribution in [-0.2, 0) is 12.6 Å². The largest absolute Gasteiger partial charge is 0.431 e. The van der Waals surface area contributed by atoms with E-state index in [1.54, 1.807) is 0 Å². The molecule has 0 aliphatic heterocycles. The van der Waals surface area contributed by atoms with Crippen molar-refractivity contribution in [3.05, 3.63) is 33.2 Å². The van der Waals surface area contributed by atoms with Crippen LogP contribution in [-0.4, -0.2) is 4.98 Å². The predicted octanol–water partition coefficient (Wildman–Crippen LogP) is 2.40. The van der Waals surface area contributed by atoms with E-state index in [1.165, 1.54) is 11.1 Å². The van der Waals surface area contributed by atoms with Gasteiger partial charge in [0.1, 0.15) is 5.69 Å². The molecule has 92 valence electrons. The Kier molecular flexibility index (Phi) is 3.50. The molecule has 0 aliphatic rings. The summed E-state index contributed by atoms with van der Waals surface area (Å²) in [6.45, 7) is 0. The van der Waals surface area contributed by atoms with Gasteiger partial charge >= 0.3 is 6.18 Å². The second kappa shape index (κ2) is 4.53. The Balaban J connectivity index is 3.48. The highest BCUT2D eigenvalue weighted by atomic mass is 19.4. The molecule has 0 aromatic carbocycles. The number of halogens is 5. The van der Waals surface area contributed by atoms with Gasteiger partial charge in [-0.05, 0) is 6.07 Å². The third kappa shape index (κ3) is 2.81. The lowest BCUT2D eigenvalue weighted by Crippen LogP contribution is -2.22. The second-order valence-corrected chi connectivity index (χ2v) is 3.09. The van der Waals surface area contributed by atoms with Crippen molar-refractivity contribution >= 4 is 0 Å². The Bertz CT molecular complexity index is 512. The average Bonchev–Trinajstić information content (AvgIpc) is 2.19. The van der Waals surface area contributed by atoms with E-state index in [0.29, 0.717) is 6.07 Å². The zero-order valence-electron chi connectivity index (χ0n) is 8.11. The highest BCUT2D eigenvalue weighted by molar-refractivity contribution is 5.29. The molecule has 8 heteroatoms. The normalized spacial score (nSPS) is 11.6. The average molecular weight is 252 g/mol. The number of rotatable bonds is 2. The topological polar surface area (TPSA) is 56.6 Å². The molecule has 0 aliphatic carbocycles. The number of aromatic nitrogens is 1. The summed E-state index contributed by atoms with van der Waals surface area (Å²) in [5.74, 6) is 0. The standard InChI is InChI=1S/C9H5F5N2O/c10-7(11)5-3-4(1-2-15)8(17)16-6(5)9(12,13)14/h3,7H,1H2,(H,16,17). The van der Waals surface area contributed by atoms with Gasteiger partial charge in [-0.15, -0.1) is 0 Å². The van der Waals surface area contributed by atoms with Gasteiger partial charge in [0.05, 0.1) is 12.5 Å². The van der Waals surface area contributed by atoms with Crippen molar-refractivity contribution in [2.24, 2.45) is 0 Å². The number of hydrogen-bond donors (Lipinski definition) is 1. The van der Waals surface area contributed by atoms with Crippen LogP contribution >= 0.6 is 0 Å². The summed E-state index contributed by atoms with van der Waals surface area (Å²) in [5, 5.41) is 8.29. The van der Waals surface area contributed by atoms with Gasteiger partial charge in [-0.25, -0.2) is 8.78 Å². The molecule has 0 fully saturated rings. The van der Waals surface area contributed by atoms with Gasteiger partial charge in [-0.1, -0.05) is 0 Å². The van der Waals surface area contributed by atoms with Gasteiger partial charge in [0, 0.05) is 11.1 Å². The molecule has 0 atom stereocenters. The third-order valence-electron chi connectivity index (χ3n) is 1.94. The van der Waals surface area contributed by atoms with Crippen LogP contribution in [0.25, 0.3) is 0 Å². The lowest BCUT2D eigenvalue weighted by molar-refractivity contribution is -0.143. The van der Waals surface area contributed by atoms with Crippen molar-refractivity contribution in [2.45, 2.75) is 19.0 Å². The Labute approximate surface area is 91.5 Å². The van der Waals surface area contributed by atoms with Crippen molar-refractivity contribution in [3.8, 4) is 6.07 Å². The molecule has 1 aromatic rings. The molecule has 3 nitrogen and oxygen atoms in total. The fourth-order valence-corrected chi connectivity index (χ4v) is 1.21. The van der Waals surface area contributed by atoms with E-state index in [4.69, 9.17) is 5.26 Å². The minimum Gasteiger partial charge on any atom is -0.318 e. The summed E-state index contributed by atoms with van der Waals surface area (Å²) in [4.78, 5) is 12.4. The number of H-pyrrole nitrogens is 1. The number of nitriles is 1. The molecule has 0 bridgehead atoms. The highest BCUT2D eigenvalue weighted by Crippen LogP contribution is 2.34. The van der Waals surface area contributed by atoms with Crippen LogP contribution in [0.4, 0.5) is 22.0 Å².